The first kappa shape index (κ1) is 15.1. The summed E-state index contributed by atoms with van der Waals surface area (Å²) in [6.45, 7) is 3.92. The van der Waals surface area contributed by atoms with Crippen molar-refractivity contribution in [2.45, 2.75) is 13.8 Å². The zero-order valence-corrected chi connectivity index (χ0v) is 13.7. The third kappa shape index (κ3) is 2.55. The van der Waals surface area contributed by atoms with Gasteiger partial charge in [0.25, 0.3) is 0 Å². The summed E-state index contributed by atoms with van der Waals surface area (Å²) in [6.07, 6.45) is 1.64. The van der Waals surface area contributed by atoms with Gasteiger partial charge in [-0.05, 0) is 49.2 Å². The standard InChI is InChI=1S/C18H15N5O2/c1-10-3-6-13-15(7-10)23-9-19-22-17(23)16(20-13)21-14-8-12(18(24)25)5-4-11(14)2/h3-9H,1-2H3,(H,20,21)(H,24,25). The van der Waals surface area contributed by atoms with E-state index in [1.54, 1.807) is 24.5 Å². The third-order valence-corrected chi connectivity index (χ3v) is 4.12. The van der Waals surface area contributed by atoms with Gasteiger partial charge in [0.15, 0.2) is 5.82 Å². The van der Waals surface area contributed by atoms with Crippen molar-refractivity contribution in [3.8, 4) is 0 Å². The zero-order chi connectivity index (χ0) is 17.6. The smallest absolute Gasteiger partial charge is 0.335 e. The van der Waals surface area contributed by atoms with E-state index in [4.69, 9.17) is 0 Å². The molecule has 0 unspecified atom stereocenters. The fraction of sp³-hybridized carbons (Fsp3) is 0.111. The first-order valence-electron chi connectivity index (χ1n) is 7.74. The number of rotatable bonds is 3. The molecule has 0 saturated heterocycles. The minimum atomic E-state index is -0.974. The maximum absolute atomic E-state index is 11.2. The Balaban J connectivity index is 1.89. The van der Waals surface area contributed by atoms with Crippen LogP contribution < -0.4 is 5.32 Å². The van der Waals surface area contributed by atoms with Crippen molar-refractivity contribution in [1.29, 1.82) is 0 Å². The van der Waals surface area contributed by atoms with Crippen LogP contribution in [0.5, 0.6) is 0 Å². The number of benzene rings is 2. The maximum Gasteiger partial charge on any atom is 0.335 e. The van der Waals surface area contributed by atoms with Gasteiger partial charge >= 0.3 is 5.97 Å². The van der Waals surface area contributed by atoms with E-state index in [1.165, 1.54) is 0 Å². The van der Waals surface area contributed by atoms with Crippen LogP contribution in [-0.2, 0) is 0 Å². The molecule has 4 aromatic rings. The molecule has 4 rings (SSSR count). The van der Waals surface area contributed by atoms with E-state index in [0.29, 0.717) is 17.2 Å². The molecule has 25 heavy (non-hydrogen) atoms. The summed E-state index contributed by atoms with van der Waals surface area (Å²) >= 11 is 0. The Morgan fingerprint density at radius 1 is 1.16 bits per heavy atom. The highest BCUT2D eigenvalue weighted by atomic mass is 16.4. The van der Waals surface area contributed by atoms with Gasteiger partial charge in [-0.25, -0.2) is 9.78 Å². The molecule has 2 aromatic carbocycles. The fourth-order valence-electron chi connectivity index (χ4n) is 2.77. The molecule has 0 fully saturated rings. The summed E-state index contributed by atoms with van der Waals surface area (Å²) in [5.74, 6) is -0.447. The third-order valence-electron chi connectivity index (χ3n) is 4.12. The molecule has 0 amide bonds. The summed E-state index contributed by atoms with van der Waals surface area (Å²) in [4.78, 5) is 15.9. The normalized spacial score (nSPS) is 11.1. The lowest BCUT2D eigenvalue weighted by Gasteiger charge is -2.12. The van der Waals surface area contributed by atoms with Crippen molar-refractivity contribution in [2.75, 3.05) is 5.32 Å². The summed E-state index contributed by atoms with van der Waals surface area (Å²) < 4.78 is 1.87. The minimum Gasteiger partial charge on any atom is -0.478 e. The molecule has 0 radical (unpaired) electrons. The molecule has 0 atom stereocenters. The number of nitrogens with zero attached hydrogens (tertiary/aromatic N) is 4. The van der Waals surface area contributed by atoms with Gasteiger partial charge in [0, 0.05) is 5.69 Å². The predicted octanol–water partition coefficient (Wildman–Crippen LogP) is 3.34. The average molecular weight is 333 g/mol. The summed E-state index contributed by atoms with van der Waals surface area (Å²) in [5.41, 5.74) is 5.21. The van der Waals surface area contributed by atoms with Gasteiger partial charge in [0.1, 0.15) is 6.33 Å². The molecule has 7 heteroatoms. The monoisotopic (exact) mass is 333 g/mol. The van der Waals surface area contributed by atoms with Gasteiger partial charge < -0.3 is 10.4 Å². The lowest BCUT2D eigenvalue weighted by molar-refractivity contribution is 0.0697. The van der Waals surface area contributed by atoms with Crippen LogP contribution in [0.4, 0.5) is 11.5 Å². The lowest BCUT2D eigenvalue weighted by atomic mass is 10.1. The first-order chi connectivity index (χ1) is 12.0. The molecular weight excluding hydrogens is 318 g/mol. The Kier molecular flexibility index (Phi) is 3.35. The lowest BCUT2D eigenvalue weighted by Crippen LogP contribution is -2.03. The van der Waals surface area contributed by atoms with Crippen LogP contribution in [0.1, 0.15) is 21.5 Å². The van der Waals surface area contributed by atoms with E-state index in [0.717, 1.165) is 22.2 Å². The fourth-order valence-corrected chi connectivity index (χ4v) is 2.77. The van der Waals surface area contributed by atoms with Gasteiger partial charge in [-0.2, -0.15) is 0 Å². The number of carboxylic acid groups (broad SMARTS) is 1. The van der Waals surface area contributed by atoms with Crippen molar-refractivity contribution in [3.63, 3.8) is 0 Å². The average Bonchev–Trinajstić information content (AvgIpc) is 3.07. The molecule has 0 spiro atoms. The highest BCUT2D eigenvalue weighted by Gasteiger charge is 2.13. The minimum absolute atomic E-state index is 0.210. The highest BCUT2D eigenvalue weighted by molar-refractivity contribution is 5.90. The van der Waals surface area contributed by atoms with E-state index in [9.17, 15) is 9.90 Å². The molecule has 2 heterocycles. The molecule has 2 N–H and O–H groups in total. The second-order valence-corrected chi connectivity index (χ2v) is 5.94. The number of fused-ring (bicyclic) bond motifs is 3. The second-order valence-electron chi connectivity index (χ2n) is 5.94. The molecule has 0 aliphatic carbocycles. The Morgan fingerprint density at radius 2 is 2.00 bits per heavy atom. The van der Waals surface area contributed by atoms with E-state index < -0.39 is 5.97 Å². The zero-order valence-electron chi connectivity index (χ0n) is 13.7. The van der Waals surface area contributed by atoms with Crippen molar-refractivity contribution in [3.05, 3.63) is 59.4 Å². The molecule has 124 valence electrons. The van der Waals surface area contributed by atoms with Crippen LogP contribution in [0.3, 0.4) is 0 Å². The molecule has 0 bridgehead atoms. The largest absolute Gasteiger partial charge is 0.478 e. The van der Waals surface area contributed by atoms with Crippen molar-refractivity contribution >= 4 is 34.2 Å². The van der Waals surface area contributed by atoms with Crippen molar-refractivity contribution in [1.82, 2.24) is 19.6 Å². The van der Waals surface area contributed by atoms with Crippen LogP contribution in [0.25, 0.3) is 16.7 Å². The summed E-state index contributed by atoms with van der Waals surface area (Å²) in [7, 11) is 0. The van der Waals surface area contributed by atoms with Crippen LogP contribution in [0.2, 0.25) is 0 Å². The van der Waals surface area contributed by atoms with Gasteiger partial charge in [-0.3, -0.25) is 4.40 Å². The van der Waals surface area contributed by atoms with E-state index in [1.807, 2.05) is 36.4 Å². The second kappa shape index (κ2) is 5.55. The van der Waals surface area contributed by atoms with E-state index in [2.05, 4.69) is 20.5 Å². The van der Waals surface area contributed by atoms with Crippen molar-refractivity contribution < 1.29 is 9.90 Å². The van der Waals surface area contributed by atoms with Gasteiger partial charge in [-0.1, -0.05) is 12.1 Å². The number of carbonyl (C=O) groups is 1. The van der Waals surface area contributed by atoms with Gasteiger partial charge in [0.2, 0.25) is 5.65 Å². The molecule has 0 saturated carbocycles. The molecule has 7 nitrogen and oxygen atoms in total. The van der Waals surface area contributed by atoms with Gasteiger partial charge in [0.05, 0.1) is 16.6 Å². The first-order valence-corrected chi connectivity index (χ1v) is 7.74. The number of hydrogen-bond acceptors (Lipinski definition) is 5. The van der Waals surface area contributed by atoms with Gasteiger partial charge in [-0.15, -0.1) is 10.2 Å². The predicted molar refractivity (Wildman–Crippen MR) is 94.4 cm³/mol. The van der Waals surface area contributed by atoms with Crippen molar-refractivity contribution in [2.24, 2.45) is 0 Å². The summed E-state index contributed by atoms with van der Waals surface area (Å²) in [5, 5.41) is 20.6. The SMILES string of the molecule is Cc1ccc2nc(Nc3cc(C(=O)O)ccc3C)c3nncn3c2c1. The number of aryl methyl sites for hydroxylation is 2. The number of hydrogen-bond donors (Lipinski definition) is 2. The Labute approximate surface area is 143 Å². The molecule has 2 aromatic heterocycles. The highest BCUT2D eigenvalue weighted by Crippen LogP contribution is 2.26. The van der Waals surface area contributed by atoms with E-state index in [-0.39, 0.29) is 5.56 Å². The molecular formula is C18H15N5O2. The Morgan fingerprint density at radius 3 is 2.80 bits per heavy atom. The van der Waals surface area contributed by atoms with E-state index >= 15 is 0 Å². The maximum atomic E-state index is 11.2. The van der Waals surface area contributed by atoms with Crippen LogP contribution in [0.15, 0.2) is 42.7 Å². The molecule has 0 aliphatic rings. The summed E-state index contributed by atoms with van der Waals surface area (Å²) in [6, 6.07) is 10.9. The molecule has 0 aliphatic heterocycles. The quantitative estimate of drug-likeness (QED) is 0.597. The number of carboxylic acids is 1. The Bertz CT molecular complexity index is 1130. The number of nitrogens with one attached hydrogen (secondary N) is 1. The Hall–Kier alpha value is -3.48. The number of aromatic nitrogens is 4. The number of aromatic carboxylic acids is 1. The van der Waals surface area contributed by atoms with Crippen LogP contribution >= 0.6 is 0 Å². The topological polar surface area (TPSA) is 92.4 Å². The van der Waals surface area contributed by atoms with Crippen LogP contribution in [0, 0.1) is 13.8 Å². The van der Waals surface area contributed by atoms with Crippen LogP contribution in [-0.4, -0.2) is 30.7 Å². The number of anilines is 2.